The highest BCUT2D eigenvalue weighted by atomic mass is 16.5. The van der Waals surface area contributed by atoms with E-state index < -0.39 is 6.09 Å². The molecule has 0 aromatic rings. The van der Waals surface area contributed by atoms with Gasteiger partial charge in [0.1, 0.15) is 0 Å². The maximum absolute atomic E-state index is 10.3. The molecule has 0 bridgehead atoms. The normalized spacial score (nSPS) is 29.8. The van der Waals surface area contributed by atoms with Crippen LogP contribution in [0.25, 0.3) is 0 Å². The fourth-order valence-electron chi connectivity index (χ4n) is 1.66. The molecule has 12 heavy (non-hydrogen) atoms. The molecule has 1 aliphatic rings. The number of carbonyl (C=O) groups is 1. The molecule has 0 heterocycles. The number of hydrogen-bond donors (Lipinski definition) is 2. The Morgan fingerprint density at radius 2 is 2.33 bits per heavy atom. The van der Waals surface area contributed by atoms with Crippen molar-refractivity contribution >= 4 is 6.09 Å². The monoisotopic (exact) mass is 173 g/mol. The summed E-state index contributed by atoms with van der Waals surface area (Å²) in [7, 11) is 1.67. The molecule has 0 aromatic heterocycles. The number of nitrogens with one attached hydrogen (secondary N) is 1. The highest BCUT2D eigenvalue weighted by Crippen LogP contribution is 2.20. The fourth-order valence-corrected chi connectivity index (χ4v) is 1.66. The third kappa shape index (κ3) is 2.70. The second kappa shape index (κ2) is 4.30. The summed E-state index contributed by atoms with van der Waals surface area (Å²) >= 11 is 0. The van der Waals surface area contributed by atoms with Crippen molar-refractivity contribution in [1.82, 2.24) is 5.32 Å². The fraction of sp³-hybridized carbons (Fsp3) is 0.875. The molecule has 0 saturated heterocycles. The molecule has 1 aliphatic carbocycles. The van der Waals surface area contributed by atoms with Gasteiger partial charge >= 0.3 is 6.09 Å². The van der Waals surface area contributed by atoms with E-state index in [4.69, 9.17) is 9.84 Å². The molecule has 2 atom stereocenters. The van der Waals surface area contributed by atoms with E-state index in [1.807, 2.05) is 0 Å². The van der Waals surface area contributed by atoms with Gasteiger partial charge in [0.2, 0.25) is 0 Å². The minimum absolute atomic E-state index is 0.0844. The van der Waals surface area contributed by atoms with Gasteiger partial charge in [0.05, 0.1) is 6.10 Å². The van der Waals surface area contributed by atoms with Gasteiger partial charge in [-0.05, 0) is 25.7 Å². The van der Waals surface area contributed by atoms with Gasteiger partial charge in [0.15, 0.2) is 0 Å². The molecular weight excluding hydrogens is 158 g/mol. The molecule has 70 valence electrons. The molecule has 2 N–H and O–H groups in total. The number of amides is 1. The zero-order valence-electron chi connectivity index (χ0n) is 7.25. The van der Waals surface area contributed by atoms with Crippen LogP contribution in [0.1, 0.15) is 25.7 Å². The molecule has 1 amide bonds. The number of methoxy groups -OCH3 is 1. The van der Waals surface area contributed by atoms with Gasteiger partial charge < -0.3 is 15.2 Å². The zero-order valence-corrected chi connectivity index (χ0v) is 7.25. The van der Waals surface area contributed by atoms with E-state index in [9.17, 15) is 4.79 Å². The molecule has 0 aromatic carbocycles. The number of hydrogen-bond acceptors (Lipinski definition) is 2. The molecule has 4 nitrogen and oxygen atoms in total. The summed E-state index contributed by atoms with van der Waals surface area (Å²) < 4.78 is 5.17. The summed E-state index contributed by atoms with van der Waals surface area (Å²) in [6.07, 6.45) is 3.14. The van der Waals surface area contributed by atoms with Gasteiger partial charge in [0, 0.05) is 13.2 Å². The lowest BCUT2D eigenvalue weighted by atomic mass is 9.93. The molecule has 1 fully saturated rings. The Morgan fingerprint density at radius 3 is 2.92 bits per heavy atom. The molecular formula is C8H15NO3. The van der Waals surface area contributed by atoms with Gasteiger partial charge in [-0.15, -0.1) is 0 Å². The lowest BCUT2D eigenvalue weighted by Gasteiger charge is -2.27. The molecule has 1 saturated carbocycles. The quantitative estimate of drug-likeness (QED) is 0.660. The van der Waals surface area contributed by atoms with Crippen molar-refractivity contribution in [3.8, 4) is 0 Å². The van der Waals surface area contributed by atoms with Crippen LogP contribution in [0.5, 0.6) is 0 Å². The molecule has 1 rings (SSSR count). The first kappa shape index (κ1) is 9.32. The Bertz CT molecular complexity index is 160. The van der Waals surface area contributed by atoms with E-state index >= 15 is 0 Å². The van der Waals surface area contributed by atoms with E-state index in [1.165, 1.54) is 0 Å². The van der Waals surface area contributed by atoms with Gasteiger partial charge in [0.25, 0.3) is 0 Å². The van der Waals surface area contributed by atoms with Crippen molar-refractivity contribution in [1.29, 1.82) is 0 Å². The van der Waals surface area contributed by atoms with Crippen LogP contribution in [0.3, 0.4) is 0 Å². The summed E-state index contributed by atoms with van der Waals surface area (Å²) in [5, 5.41) is 11.0. The molecule has 0 radical (unpaired) electrons. The third-order valence-electron chi connectivity index (χ3n) is 2.29. The van der Waals surface area contributed by atoms with Crippen LogP contribution in [0, 0.1) is 0 Å². The maximum Gasteiger partial charge on any atom is 0.404 e. The van der Waals surface area contributed by atoms with E-state index in [-0.39, 0.29) is 12.1 Å². The Labute approximate surface area is 71.9 Å². The van der Waals surface area contributed by atoms with E-state index in [1.54, 1.807) is 7.11 Å². The van der Waals surface area contributed by atoms with E-state index in [2.05, 4.69) is 5.32 Å². The summed E-state index contributed by atoms with van der Waals surface area (Å²) in [6, 6.07) is 0.0844. The van der Waals surface area contributed by atoms with Crippen molar-refractivity contribution in [2.24, 2.45) is 0 Å². The lowest BCUT2D eigenvalue weighted by Crippen LogP contribution is -2.39. The predicted molar refractivity (Wildman–Crippen MR) is 44.2 cm³/mol. The summed E-state index contributed by atoms with van der Waals surface area (Å²) in [4.78, 5) is 10.3. The number of rotatable bonds is 2. The highest BCUT2D eigenvalue weighted by Gasteiger charge is 2.22. The van der Waals surface area contributed by atoms with Crippen LogP contribution in [0.15, 0.2) is 0 Å². The average Bonchev–Trinajstić information content (AvgIpc) is 2.03. The van der Waals surface area contributed by atoms with Gasteiger partial charge in [-0.2, -0.15) is 0 Å². The topological polar surface area (TPSA) is 58.6 Å². The van der Waals surface area contributed by atoms with Crippen molar-refractivity contribution in [3.63, 3.8) is 0 Å². The van der Waals surface area contributed by atoms with Crippen LogP contribution in [-0.4, -0.2) is 30.5 Å². The minimum atomic E-state index is -0.934. The summed E-state index contributed by atoms with van der Waals surface area (Å²) in [6.45, 7) is 0. The van der Waals surface area contributed by atoms with Crippen molar-refractivity contribution in [2.45, 2.75) is 37.8 Å². The van der Waals surface area contributed by atoms with Gasteiger partial charge in [-0.3, -0.25) is 0 Å². The molecule has 1 unspecified atom stereocenters. The molecule has 4 heteroatoms. The third-order valence-corrected chi connectivity index (χ3v) is 2.29. The van der Waals surface area contributed by atoms with Crippen LogP contribution in [0.2, 0.25) is 0 Å². The smallest absolute Gasteiger partial charge is 0.404 e. The van der Waals surface area contributed by atoms with Crippen molar-refractivity contribution < 1.29 is 14.6 Å². The van der Waals surface area contributed by atoms with Crippen molar-refractivity contribution in [3.05, 3.63) is 0 Å². The second-order valence-electron chi connectivity index (χ2n) is 3.17. The maximum atomic E-state index is 10.3. The highest BCUT2D eigenvalue weighted by molar-refractivity contribution is 5.64. The lowest BCUT2D eigenvalue weighted by molar-refractivity contribution is 0.0589. The van der Waals surface area contributed by atoms with E-state index in [0.717, 1.165) is 25.7 Å². The van der Waals surface area contributed by atoms with Crippen LogP contribution in [0.4, 0.5) is 4.79 Å². The van der Waals surface area contributed by atoms with Crippen molar-refractivity contribution in [2.75, 3.05) is 7.11 Å². The summed E-state index contributed by atoms with van der Waals surface area (Å²) in [5.41, 5.74) is 0. The van der Waals surface area contributed by atoms with E-state index in [0.29, 0.717) is 0 Å². The number of ether oxygens (including phenoxy) is 1. The Kier molecular flexibility index (Phi) is 3.34. The standard InChI is InChI=1S/C8H15NO3/c1-12-7-4-2-3-6(5-7)9-8(10)11/h6-7,9H,2-5H2,1H3,(H,10,11)/t6?,7-/m0/s1. The molecule has 0 aliphatic heterocycles. The van der Waals surface area contributed by atoms with Crippen LogP contribution < -0.4 is 5.32 Å². The first-order valence-corrected chi connectivity index (χ1v) is 4.24. The number of carboxylic acid groups (broad SMARTS) is 1. The van der Waals surface area contributed by atoms with Crippen LogP contribution in [-0.2, 0) is 4.74 Å². The Hall–Kier alpha value is -0.770. The zero-order chi connectivity index (χ0) is 8.97. The van der Waals surface area contributed by atoms with Gasteiger partial charge in [-0.1, -0.05) is 0 Å². The van der Waals surface area contributed by atoms with Gasteiger partial charge in [-0.25, -0.2) is 4.79 Å². The average molecular weight is 173 g/mol. The Balaban J connectivity index is 2.30. The molecule has 0 spiro atoms. The Morgan fingerprint density at radius 1 is 1.58 bits per heavy atom. The minimum Gasteiger partial charge on any atom is -0.465 e. The first-order chi connectivity index (χ1) is 5.72. The largest absolute Gasteiger partial charge is 0.465 e. The SMILES string of the molecule is CO[C@H]1CCCC(NC(=O)O)C1. The van der Waals surface area contributed by atoms with Crippen LogP contribution >= 0.6 is 0 Å². The summed E-state index contributed by atoms with van der Waals surface area (Å²) in [5.74, 6) is 0. The first-order valence-electron chi connectivity index (χ1n) is 4.24. The second-order valence-corrected chi connectivity index (χ2v) is 3.17. The predicted octanol–water partition coefficient (Wildman–Crippen LogP) is 1.21.